The maximum absolute atomic E-state index is 6.11. The Labute approximate surface area is 136 Å². The minimum Gasteiger partial charge on any atom is -0.375 e. The third kappa shape index (κ3) is 3.06. The number of hydrogen-bond donors (Lipinski definition) is 1. The van der Waals surface area contributed by atoms with Gasteiger partial charge in [0.25, 0.3) is 0 Å². The molecule has 0 aromatic heterocycles. The molecule has 1 N–H and O–H groups in total. The zero-order valence-electron chi connectivity index (χ0n) is 13.1. The summed E-state index contributed by atoms with van der Waals surface area (Å²) in [6.45, 7) is 6.38. The molecule has 3 rings (SSSR count). The highest BCUT2D eigenvalue weighted by Gasteiger charge is 2.44. The molecule has 0 amide bonds. The van der Waals surface area contributed by atoms with E-state index < -0.39 is 0 Å². The van der Waals surface area contributed by atoms with Crippen molar-refractivity contribution >= 4 is 15.9 Å². The van der Waals surface area contributed by atoms with E-state index in [0.717, 1.165) is 13.2 Å². The minimum atomic E-state index is 0.219. The standard InChI is InChI=1S/C18H26BrNO/c1-3-20-17(15-6-4-7-16(19)13(15)2)14-8-11-21-18(12-14)9-5-10-18/h4,6-7,14,17,20H,3,5,8-12H2,1-2H3. The number of rotatable bonds is 4. The summed E-state index contributed by atoms with van der Waals surface area (Å²) < 4.78 is 7.33. The zero-order chi connectivity index (χ0) is 14.9. The van der Waals surface area contributed by atoms with Gasteiger partial charge in [-0.05, 0) is 68.7 Å². The summed E-state index contributed by atoms with van der Waals surface area (Å²) in [5, 5.41) is 3.75. The topological polar surface area (TPSA) is 21.3 Å². The molecule has 1 aliphatic heterocycles. The Balaban J connectivity index is 1.85. The fourth-order valence-electron chi connectivity index (χ4n) is 3.98. The van der Waals surface area contributed by atoms with Gasteiger partial charge in [0.05, 0.1) is 5.60 Å². The number of nitrogens with one attached hydrogen (secondary N) is 1. The maximum Gasteiger partial charge on any atom is 0.0686 e. The van der Waals surface area contributed by atoms with Gasteiger partial charge in [0.2, 0.25) is 0 Å². The van der Waals surface area contributed by atoms with E-state index in [0.29, 0.717) is 12.0 Å². The van der Waals surface area contributed by atoms with Crippen molar-refractivity contribution in [3.63, 3.8) is 0 Å². The highest BCUT2D eigenvalue weighted by Crippen LogP contribution is 2.47. The molecule has 2 fully saturated rings. The number of ether oxygens (including phenoxy) is 1. The fourth-order valence-corrected chi connectivity index (χ4v) is 4.36. The van der Waals surface area contributed by atoms with Gasteiger partial charge in [0, 0.05) is 17.1 Å². The van der Waals surface area contributed by atoms with Gasteiger partial charge in [-0.1, -0.05) is 35.0 Å². The SMILES string of the molecule is CCNC(c1cccc(Br)c1C)C1CCOC2(CCC2)C1. The number of benzene rings is 1. The first-order chi connectivity index (χ1) is 10.2. The fraction of sp³-hybridized carbons (Fsp3) is 0.667. The van der Waals surface area contributed by atoms with E-state index in [2.05, 4.69) is 53.3 Å². The Bertz CT molecular complexity index is 498. The Morgan fingerprint density at radius 3 is 2.90 bits per heavy atom. The van der Waals surface area contributed by atoms with Crippen LogP contribution in [0.25, 0.3) is 0 Å². The molecule has 0 bridgehead atoms. The van der Waals surface area contributed by atoms with E-state index in [1.165, 1.54) is 47.7 Å². The molecule has 116 valence electrons. The molecule has 3 heteroatoms. The summed E-state index contributed by atoms with van der Waals surface area (Å²) >= 11 is 3.68. The van der Waals surface area contributed by atoms with E-state index in [1.807, 2.05) is 0 Å². The van der Waals surface area contributed by atoms with Gasteiger partial charge in [-0.15, -0.1) is 0 Å². The van der Waals surface area contributed by atoms with Crippen LogP contribution in [0.2, 0.25) is 0 Å². The second-order valence-electron chi connectivity index (χ2n) is 6.63. The Hall–Kier alpha value is -0.380. The molecule has 1 aromatic rings. The monoisotopic (exact) mass is 351 g/mol. The lowest BCUT2D eigenvalue weighted by atomic mass is 9.69. The Morgan fingerprint density at radius 2 is 2.24 bits per heavy atom. The summed E-state index contributed by atoms with van der Waals surface area (Å²) in [5.74, 6) is 0.687. The molecule has 1 saturated carbocycles. The number of halogens is 1. The van der Waals surface area contributed by atoms with Crippen molar-refractivity contribution in [3.05, 3.63) is 33.8 Å². The van der Waals surface area contributed by atoms with Crippen LogP contribution in [0.4, 0.5) is 0 Å². The molecule has 2 aliphatic rings. The van der Waals surface area contributed by atoms with Crippen molar-refractivity contribution in [3.8, 4) is 0 Å². The van der Waals surface area contributed by atoms with Crippen LogP contribution in [-0.2, 0) is 4.74 Å². The van der Waals surface area contributed by atoms with Gasteiger partial charge >= 0.3 is 0 Å². The molecule has 2 nitrogen and oxygen atoms in total. The highest BCUT2D eigenvalue weighted by molar-refractivity contribution is 9.10. The summed E-state index contributed by atoms with van der Waals surface area (Å²) in [6.07, 6.45) is 6.26. The molecule has 21 heavy (non-hydrogen) atoms. The smallest absolute Gasteiger partial charge is 0.0686 e. The van der Waals surface area contributed by atoms with E-state index >= 15 is 0 Å². The van der Waals surface area contributed by atoms with Crippen molar-refractivity contribution < 1.29 is 4.74 Å². The summed E-state index contributed by atoms with van der Waals surface area (Å²) in [4.78, 5) is 0. The predicted octanol–water partition coefficient (Wildman–Crippen LogP) is 4.76. The second kappa shape index (κ2) is 6.39. The first kappa shape index (κ1) is 15.5. The molecule has 0 radical (unpaired) electrons. The van der Waals surface area contributed by atoms with E-state index in [4.69, 9.17) is 4.74 Å². The molecule has 1 aliphatic carbocycles. The Morgan fingerprint density at radius 1 is 1.43 bits per heavy atom. The van der Waals surface area contributed by atoms with Crippen LogP contribution < -0.4 is 5.32 Å². The lowest BCUT2D eigenvalue weighted by Crippen LogP contribution is -2.48. The van der Waals surface area contributed by atoms with E-state index in [9.17, 15) is 0 Å². The Kier molecular flexibility index (Phi) is 4.72. The lowest BCUT2D eigenvalue weighted by molar-refractivity contribution is -0.147. The van der Waals surface area contributed by atoms with Crippen LogP contribution in [0.1, 0.15) is 56.2 Å². The second-order valence-corrected chi connectivity index (χ2v) is 7.48. The largest absolute Gasteiger partial charge is 0.375 e. The molecular weight excluding hydrogens is 326 g/mol. The summed E-state index contributed by atoms with van der Waals surface area (Å²) in [5.41, 5.74) is 3.04. The third-order valence-corrected chi connectivity index (χ3v) is 6.20. The van der Waals surface area contributed by atoms with Crippen LogP contribution in [0.15, 0.2) is 22.7 Å². The van der Waals surface area contributed by atoms with Crippen LogP contribution in [0.3, 0.4) is 0 Å². The molecular formula is C18H26BrNO. The summed E-state index contributed by atoms with van der Waals surface area (Å²) in [7, 11) is 0. The van der Waals surface area contributed by atoms with Crippen LogP contribution in [-0.4, -0.2) is 18.8 Å². The predicted molar refractivity (Wildman–Crippen MR) is 90.6 cm³/mol. The average Bonchev–Trinajstić information content (AvgIpc) is 2.47. The van der Waals surface area contributed by atoms with Crippen LogP contribution in [0.5, 0.6) is 0 Å². The first-order valence-corrected chi connectivity index (χ1v) is 9.07. The number of hydrogen-bond acceptors (Lipinski definition) is 2. The molecule has 1 aromatic carbocycles. The van der Waals surface area contributed by atoms with Gasteiger partial charge < -0.3 is 10.1 Å². The normalized spacial score (nSPS) is 25.6. The molecule has 1 spiro atoms. The molecule has 1 saturated heterocycles. The van der Waals surface area contributed by atoms with Crippen molar-refractivity contribution in [1.29, 1.82) is 0 Å². The molecule has 2 atom stereocenters. The average molecular weight is 352 g/mol. The van der Waals surface area contributed by atoms with Gasteiger partial charge in [-0.3, -0.25) is 0 Å². The van der Waals surface area contributed by atoms with Crippen molar-refractivity contribution in [2.45, 2.75) is 57.6 Å². The minimum absolute atomic E-state index is 0.219. The van der Waals surface area contributed by atoms with Crippen molar-refractivity contribution in [2.75, 3.05) is 13.2 Å². The lowest BCUT2D eigenvalue weighted by Gasteiger charge is -2.49. The third-order valence-electron chi connectivity index (χ3n) is 5.34. The maximum atomic E-state index is 6.11. The van der Waals surface area contributed by atoms with Crippen LogP contribution in [0, 0.1) is 12.8 Å². The molecule has 2 unspecified atom stereocenters. The van der Waals surface area contributed by atoms with Gasteiger partial charge in [-0.2, -0.15) is 0 Å². The van der Waals surface area contributed by atoms with E-state index in [-0.39, 0.29) is 5.60 Å². The molecule has 1 heterocycles. The van der Waals surface area contributed by atoms with Crippen molar-refractivity contribution in [1.82, 2.24) is 5.32 Å². The van der Waals surface area contributed by atoms with Gasteiger partial charge in [0.15, 0.2) is 0 Å². The first-order valence-electron chi connectivity index (χ1n) is 8.27. The van der Waals surface area contributed by atoms with Crippen LogP contribution >= 0.6 is 15.9 Å². The zero-order valence-corrected chi connectivity index (χ0v) is 14.7. The quantitative estimate of drug-likeness (QED) is 0.844. The highest BCUT2D eigenvalue weighted by atomic mass is 79.9. The van der Waals surface area contributed by atoms with Gasteiger partial charge in [-0.25, -0.2) is 0 Å². The summed E-state index contributed by atoms with van der Waals surface area (Å²) in [6, 6.07) is 7.04. The van der Waals surface area contributed by atoms with Crippen molar-refractivity contribution in [2.24, 2.45) is 5.92 Å². The van der Waals surface area contributed by atoms with E-state index in [1.54, 1.807) is 0 Å². The van der Waals surface area contributed by atoms with Gasteiger partial charge in [0.1, 0.15) is 0 Å².